The van der Waals surface area contributed by atoms with Crippen molar-refractivity contribution >= 4 is 22.5 Å². The maximum absolute atomic E-state index is 12.6. The van der Waals surface area contributed by atoms with E-state index in [1.165, 1.54) is 12.8 Å². The molecule has 0 saturated heterocycles. The number of unbranched alkanes of at least 4 members (excludes halogenated alkanes) is 3. The molecule has 0 aliphatic carbocycles. The van der Waals surface area contributed by atoms with E-state index in [4.69, 9.17) is 5.73 Å². The summed E-state index contributed by atoms with van der Waals surface area (Å²) in [5.74, 6) is -0.343. The van der Waals surface area contributed by atoms with E-state index in [1.54, 1.807) is 12.3 Å². The number of rotatable bonds is 7. The number of nitrogens with two attached hydrogens (primary N) is 1. The first-order valence-electron chi connectivity index (χ1n) is 8.30. The minimum Gasteiger partial charge on any atom is -0.398 e. The molecule has 0 unspecified atom stereocenters. The molecule has 2 aromatic rings. The number of nitrogens with one attached hydrogen (secondary N) is 1. The fourth-order valence-corrected chi connectivity index (χ4v) is 2.77. The Kier molecular flexibility index (Phi) is 5.79. The molecule has 1 aromatic carbocycles. The third-order valence-corrected chi connectivity index (χ3v) is 3.98. The van der Waals surface area contributed by atoms with Crippen LogP contribution in [0.3, 0.4) is 0 Å². The highest BCUT2D eigenvalue weighted by atomic mass is 16.2. The Balaban J connectivity index is 2.51. The fourth-order valence-electron chi connectivity index (χ4n) is 2.77. The molecule has 0 bridgehead atoms. The van der Waals surface area contributed by atoms with Crippen molar-refractivity contribution in [3.63, 3.8) is 0 Å². The highest BCUT2D eigenvalue weighted by Gasteiger charge is 2.16. The zero-order valence-electron chi connectivity index (χ0n) is 13.9. The SMILES string of the molecule is CCCCCCn1cc(C(=O)NCC)c(=O)c2c(N)cccc21. The Morgan fingerprint density at radius 3 is 2.70 bits per heavy atom. The first-order valence-corrected chi connectivity index (χ1v) is 8.30. The number of aryl methyl sites for hydroxylation is 1. The van der Waals surface area contributed by atoms with Crippen LogP contribution < -0.4 is 16.5 Å². The van der Waals surface area contributed by atoms with E-state index in [-0.39, 0.29) is 16.9 Å². The van der Waals surface area contributed by atoms with Gasteiger partial charge in [-0.15, -0.1) is 0 Å². The van der Waals surface area contributed by atoms with Crippen molar-refractivity contribution in [3.05, 3.63) is 40.2 Å². The first-order chi connectivity index (χ1) is 11.1. The van der Waals surface area contributed by atoms with Crippen LogP contribution in [0.2, 0.25) is 0 Å². The summed E-state index contributed by atoms with van der Waals surface area (Å²) in [4.78, 5) is 24.8. The maximum Gasteiger partial charge on any atom is 0.256 e. The summed E-state index contributed by atoms with van der Waals surface area (Å²) in [5, 5.41) is 3.13. The number of pyridine rings is 1. The smallest absolute Gasteiger partial charge is 0.256 e. The normalized spacial score (nSPS) is 10.9. The van der Waals surface area contributed by atoms with Gasteiger partial charge in [0.15, 0.2) is 0 Å². The van der Waals surface area contributed by atoms with Crippen LogP contribution in [0.1, 0.15) is 49.9 Å². The Labute approximate surface area is 136 Å². The van der Waals surface area contributed by atoms with E-state index in [0.717, 1.165) is 24.9 Å². The Morgan fingerprint density at radius 2 is 2.00 bits per heavy atom. The van der Waals surface area contributed by atoms with Crippen LogP contribution in [0.4, 0.5) is 5.69 Å². The van der Waals surface area contributed by atoms with Crippen LogP contribution in [0.5, 0.6) is 0 Å². The molecule has 2 rings (SSSR count). The summed E-state index contributed by atoms with van der Waals surface area (Å²) >= 11 is 0. The lowest BCUT2D eigenvalue weighted by Gasteiger charge is -2.14. The summed E-state index contributed by atoms with van der Waals surface area (Å²) in [6.45, 7) is 5.25. The zero-order valence-corrected chi connectivity index (χ0v) is 13.9. The zero-order chi connectivity index (χ0) is 16.8. The molecule has 5 nitrogen and oxygen atoms in total. The van der Waals surface area contributed by atoms with Crippen LogP contribution in [0, 0.1) is 0 Å². The standard InChI is InChI=1S/C18H25N3O2/c1-3-5-6-7-11-21-12-13(18(23)20-4-2)17(22)16-14(19)9-8-10-15(16)21/h8-10,12H,3-7,11,19H2,1-2H3,(H,20,23). The van der Waals surface area contributed by atoms with Gasteiger partial charge in [-0.25, -0.2) is 0 Å². The average Bonchev–Trinajstić information content (AvgIpc) is 2.53. The predicted octanol–water partition coefficient (Wildman–Crippen LogP) is 2.91. The highest BCUT2D eigenvalue weighted by Crippen LogP contribution is 2.19. The van der Waals surface area contributed by atoms with Crippen molar-refractivity contribution in [1.29, 1.82) is 0 Å². The summed E-state index contributed by atoms with van der Waals surface area (Å²) in [6, 6.07) is 5.42. The van der Waals surface area contributed by atoms with Gasteiger partial charge in [0.1, 0.15) is 5.56 Å². The van der Waals surface area contributed by atoms with Gasteiger partial charge in [0.2, 0.25) is 5.43 Å². The average molecular weight is 315 g/mol. The summed E-state index contributed by atoms with van der Waals surface area (Å²) in [7, 11) is 0. The van der Waals surface area contributed by atoms with E-state index in [0.29, 0.717) is 17.6 Å². The van der Waals surface area contributed by atoms with Crippen LogP contribution in [-0.2, 0) is 6.54 Å². The molecule has 0 saturated carbocycles. The van der Waals surface area contributed by atoms with Crippen molar-refractivity contribution in [2.45, 2.75) is 46.1 Å². The van der Waals surface area contributed by atoms with Crippen LogP contribution in [-0.4, -0.2) is 17.0 Å². The molecule has 0 aliphatic rings. The fraction of sp³-hybridized carbons (Fsp3) is 0.444. The van der Waals surface area contributed by atoms with Gasteiger partial charge in [-0.3, -0.25) is 9.59 Å². The second-order valence-electron chi connectivity index (χ2n) is 5.73. The molecule has 23 heavy (non-hydrogen) atoms. The molecule has 1 heterocycles. The number of benzene rings is 1. The molecular formula is C18H25N3O2. The topological polar surface area (TPSA) is 77.1 Å². The summed E-state index contributed by atoms with van der Waals surface area (Å²) in [5.41, 5.74) is 7.07. The van der Waals surface area contributed by atoms with Gasteiger partial charge in [-0.2, -0.15) is 0 Å². The number of fused-ring (bicyclic) bond motifs is 1. The third-order valence-electron chi connectivity index (χ3n) is 3.98. The van der Waals surface area contributed by atoms with Crippen LogP contribution >= 0.6 is 0 Å². The molecular weight excluding hydrogens is 290 g/mol. The first kappa shape index (κ1) is 17.1. The Bertz CT molecular complexity index is 750. The number of hydrogen-bond donors (Lipinski definition) is 2. The Morgan fingerprint density at radius 1 is 1.22 bits per heavy atom. The second kappa shape index (κ2) is 7.81. The van der Waals surface area contributed by atoms with E-state index < -0.39 is 0 Å². The highest BCUT2D eigenvalue weighted by molar-refractivity contribution is 6.00. The molecule has 1 amide bonds. The van der Waals surface area contributed by atoms with E-state index in [1.807, 2.05) is 23.6 Å². The van der Waals surface area contributed by atoms with Gasteiger partial charge in [0.25, 0.3) is 5.91 Å². The molecule has 0 aliphatic heterocycles. The molecule has 3 N–H and O–H groups in total. The second-order valence-corrected chi connectivity index (χ2v) is 5.73. The number of carbonyl (C=O) groups is 1. The Hall–Kier alpha value is -2.30. The van der Waals surface area contributed by atoms with Gasteiger partial charge in [-0.05, 0) is 25.5 Å². The summed E-state index contributed by atoms with van der Waals surface area (Å²) in [6.07, 6.45) is 6.16. The third kappa shape index (κ3) is 3.73. The lowest BCUT2D eigenvalue weighted by Crippen LogP contribution is -2.30. The van der Waals surface area contributed by atoms with Gasteiger partial charge in [-0.1, -0.05) is 32.3 Å². The predicted molar refractivity (Wildman–Crippen MR) is 94.8 cm³/mol. The van der Waals surface area contributed by atoms with Gasteiger partial charge >= 0.3 is 0 Å². The number of nitrogen functional groups attached to an aromatic ring is 1. The van der Waals surface area contributed by atoms with Gasteiger partial charge in [0.05, 0.1) is 10.9 Å². The summed E-state index contributed by atoms with van der Waals surface area (Å²) < 4.78 is 1.98. The lowest BCUT2D eigenvalue weighted by molar-refractivity contribution is 0.0954. The quantitative estimate of drug-likeness (QED) is 0.609. The van der Waals surface area contributed by atoms with Crippen molar-refractivity contribution in [2.24, 2.45) is 0 Å². The van der Waals surface area contributed by atoms with Crippen molar-refractivity contribution < 1.29 is 4.79 Å². The lowest BCUT2D eigenvalue weighted by atomic mass is 10.1. The molecule has 0 atom stereocenters. The van der Waals surface area contributed by atoms with Gasteiger partial charge < -0.3 is 15.6 Å². The minimum absolute atomic E-state index is 0.160. The van der Waals surface area contributed by atoms with Crippen molar-refractivity contribution in [2.75, 3.05) is 12.3 Å². The molecule has 0 spiro atoms. The largest absolute Gasteiger partial charge is 0.398 e. The molecule has 0 radical (unpaired) electrons. The van der Waals surface area contributed by atoms with Crippen molar-refractivity contribution in [1.82, 2.24) is 9.88 Å². The number of amides is 1. The number of anilines is 1. The number of hydrogen-bond acceptors (Lipinski definition) is 3. The van der Waals surface area contributed by atoms with Crippen LogP contribution in [0.15, 0.2) is 29.2 Å². The maximum atomic E-state index is 12.6. The minimum atomic E-state index is -0.343. The van der Waals surface area contributed by atoms with Gasteiger partial charge in [0, 0.05) is 25.0 Å². The molecule has 0 fully saturated rings. The van der Waals surface area contributed by atoms with Crippen molar-refractivity contribution in [3.8, 4) is 0 Å². The molecule has 124 valence electrons. The van der Waals surface area contributed by atoms with E-state index >= 15 is 0 Å². The molecule has 1 aromatic heterocycles. The molecule has 5 heteroatoms. The number of carbonyl (C=O) groups excluding carboxylic acids is 1. The number of aromatic nitrogens is 1. The van der Waals surface area contributed by atoms with Crippen LogP contribution in [0.25, 0.3) is 10.9 Å². The number of nitrogens with zero attached hydrogens (tertiary/aromatic N) is 1. The van der Waals surface area contributed by atoms with E-state index in [2.05, 4.69) is 12.2 Å². The van der Waals surface area contributed by atoms with E-state index in [9.17, 15) is 9.59 Å². The monoisotopic (exact) mass is 315 g/mol.